The first kappa shape index (κ1) is 17.1. The normalized spacial score (nSPS) is 12.0. The summed E-state index contributed by atoms with van der Waals surface area (Å²) < 4.78 is 40.7. The summed E-state index contributed by atoms with van der Waals surface area (Å²) >= 11 is 5.12. The van der Waals surface area contributed by atoms with Crippen molar-refractivity contribution in [2.75, 3.05) is 0 Å². The first-order valence-electron chi connectivity index (χ1n) is 7.36. The molecule has 2 aromatic carbocycles. The van der Waals surface area contributed by atoms with E-state index in [0.29, 0.717) is 12.2 Å². The number of nitrogens with one attached hydrogen (secondary N) is 1. The molecule has 0 fully saturated rings. The van der Waals surface area contributed by atoms with Crippen LogP contribution in [-0.2, 0) is 12.6 Å². The van der Waals surface area contributed by atoms with Gasteiger partial charge in [-0.1, -0.05) is 48.5 Å². The fraction of sp³-hybridized carbons (Fsp3) is 0.118. The Morgan fingerprint density at radius 2 is 1.76 bits per heavy atom. The minimum atomic E-state index is -4.45. The first-order chi connectivity index (χ1) is 11.9. The fourth-order valence-electron chi connectivity index (χ4n) is 2.32. The molecule has 0 unspecified atom stereocenters. The van der Waals surface area contributed by atoms with Crippen LogP contribution in [0.2, 0.25) is 0 Å². The Bertz CT molecular complexity index is 942. The predicted octanol–water partition coefficient (Wildman–Crippen LogP) is 4.43. The standard InChI is InChI=1S/C17H13F3N4S/c18-17(19,20)14-9-5-4-8-13(14)11-21-24-15(22-23-16(24)25)10-12-6-2-1-3-7-12/h1-9,11H,10H2,(H,23,25)/b21-11-. The van der Waals surface area contributed by atoms with Crippen molar-refractivity contribution in [3.8, 4) is 0 Å². The molecule has 0 saturated carbocycles. The molecule has 25 heavy (non-hydrogen) atoms. The molecule has 1 aromatic heterocycles. The molecule has 1 heterocycles. The van der Waals surface area contributed by atoms with E-state index in [1.807, 2.05) is 30.3 Å². The SMILES string of the molecule is FC(F)(F)c1ccccc1/C=N\n1c(Cc2ccccc2)n[nH]c1=S. The third kappa shape index (κ3) is 4.03. The topological polar surface area (TPSA) is 46.0 Å². The molecule has 0 aliphatic carbocycles. The van der Waals surface area contributed by atoms with Crippen LogP contribution in [0.1, 0.15) is 22.5 Å². The van der Waals surface area contributed by atoms with Crippen molar-refractivity contribution in [1.82, 2.24) is 14.9 Å². The molecule has 0 spiro atoms. The van der Waals surface area contributed by atoms with E-state index in [2.05, 4.69) is 15.3 Å². The van der Waals surface area contributed by atoms with Crippen molar-refractivity contribution in [3.63, 3.8) is 0 Å². The maximum atomic E-state index is 13.1. The van der Waals surface area contributed by atoms with Gasteiger partial charge in [0, 0.05) is 12.0 Å². The van der Waals surface area contributed by atoms with Crippen LogP contribution in [0, 0.1) is 4.77 Å². The Morgan fingerprint density at radius 1 is 1.08 bits per heavy atom. The van der Waals surface area contributed by atoms with Gasteiger partial charge in [-0.05, 0) is 23.8 Å². The van der Waals surface area contributed by atoms with Gasteiger partial charge in [0.1, 0.15) is 0 Å². The Kier molecular flexibility index (Phi) is 4.80. The van der Waals surface area contributed by atoms with Gasteiger partial charge in [-0.25, -0.2) is 0 Å². The van der Waals surface area contributed by atoms with E-state index in [9.17, 15) is 13.2 Å². The van der Waals surface area contributed by atoms with Crippen molar-refractivity contribution in [1.29, 1.82) is 0 Å². The molecule has 0 aliphatic rings. The number of H-pyrrole nitrogens is 1. The number of aromatic nitrogens is 3. The molecule has 0 bridgehead atoms. The minimum Gasteiger partial charge on any atom is -0.250 e. The molecule has 4 nitrogen and oxygen atoms in total. The summed E-state index contributed by atoms with van der Waals surface area (Å²) in [6.07, 6.45) is -2.86. The smallest absolute Gasteiger partial charge is 0.250 e. The highest BCUT2D eigenvalue weighted by Gasteiger charge is 2.32. The van der Waals surface area contributed by atoms with E-state index in [4.69, 9.17) is 12.2 Å². The Hall–Kier alpha value is -2.74. The zero-order chi connectivity index (χ0) is 17.9. The van der Waals surface area contributed by atoms with Crippen molar-refractivity contribution < 1.29 is 13.2 Å². The van der Waals surface area contributed by atoms with Gasteiger partial charge in [-0.2, -0.15) is 28.0 Å². The van der Waals surface area contributed by atoms with Crippen molar-refractivity contribution in [3.05, 3.63) is 81.9 Å². The second-order valence-corrected chi connectivity index (χ2v) is 5.64. The van der Waals surface area contributed by atoms with E-state index in [0.717, 1.165) is 17.8 Å². The van der Waals surface area contributed by atoms with Crippen LogP contribution in [0.4, 0.5) is 13.2 Å². The quantitative estimate of drug-likeness (QED) is 0.551. The highest BCUT2D eigenvalue weighted by atomic mass is 32.1. The molecule has 0 atom stereocenters. The number of hydrogen-bond donors (Lipinski definition) is 1. The Morgan fingerprint density at radius 3 is 2.48 bits per heavy atom. The summed E-state index contributed by atoms with van der Waals surface area (Å²) in [5.74, 6) is 0.511. The average molecular weight is 362 g/mol. The summed E-state index contributed by atoms with van der Waals surface area (Å²) in [6, 6.07) is 14.8. The van der Waals surface area contributed by atoms with Crippen LogP contribution in [0.3, 0.4) is 0 Å². The summed E-state index contributed by atoms with van der Waals surface area (Å²) in [7, 11) is 0. The first-order valence-corrected chi connectivity index (χ1v) is 7.77. The van der Waals surface area contributed by atoms with Crippen molar-refractivity contribution in [2.24, 2.45) is 5.10 Å². The van der Waals surface area contributed by atoms with Crippen molar-refractivity contribution in [2.45, 2.75) is 12.6 Å². The molecule has 1 N–H and O–H groups in total. The van der Waals surface area contributed by atoms with Gasteiger partial charge >= 0.3 is 6.18 Å². The molecule has 0 saturated heterocycles. The van der Waals surface area contributed by atoms with Gasteiger partial charge in [-0.15, -0.1) is 0 Å². The van der Waals surface area contributed by atoms with E-state index in [1.54, 1.807) is 0 Å². The van der Waals surface area contributed by atoms with Gasteiger partial charge < -0.3 is 0 Å². The zero-order valence-electron chi connectivity index (χ0n) is 12.9. The lowest BCUT2D eigenvalue weighted by molar-refractivity contribution is -0.137. The van der Waals surface area contributed by atoms with Gasteiger partial charge in [0.2, 0.25) is 4.77 Å². The number of aromatic amines is 1. The van der Waals surface area contributed by atoms with Crippen LogP contribution >= 0.6 is 12.2 Å². The van der Waals surface area contributed by atoms with Gasteiger partial charge in [0.15, 0.2) is 5.82 Å². The van der Waals surface area contributed by atoms with Gasteiger partial charge in [0.05, 0.1) is 11.8 Å². The van der Waals surface area contributed by atoms with Crippen molar-refractivity contribution >= 4 is 18.4 Å². The number of nitrogens with zero attached hydrogens (tertiary/aromatic N) is 3. The summed E-state index contributed by atoms with van der Waals surface area (Å²) in [5.41, 5.74) is 0.200. The molecule has 3 aromatic rings. The highest BCUT2D eigenvalue weighted by molar-refractivity contribution is 7.71. The molecule has 0 amide bonds. The van der Waals surface area contributed by atoms with E-state index < -0.39 is 11.7 Å². The summed E-state index contributed by atoms with van der Waals surface area (Å²) in [4.78, 5) is 0. The van der Waals surface area contributed by atoms with E-state index in [1.165, 1.54) is 22.9 Å². The second kappa shape index (κ2) is 7.02. The molecular weight excluding hydrogens is 349 g/mol. The van der Waals surface area contributed by atoms with Crippen LogP contribution in [0.15, 0.2) is 59.7 Å². The van der Waals surface area contributed by atoms with Crippen LogP contribution in [0.5, 0.6) is 0 Å². The van der Waals surface area contributed by atoms with E-state index in [-0.39, 0.29) is 10.3 Å². The third-order valence-corrected chi connectivity index (χ3v) is 3.77. The van der Waals surface area contributed by atoms with Crippen LogP contribution in [0.25, 0.3) is 0 Å². The third-order valence-electron chi connectivity index (χ3n) is 3.50. The Labute approximate surface area is 146 Å². The summed E-state index contributed by atoms with van der Waals surface area (Å²) in [6.45, 7) is 0. The molecule has 128 valence electrons. The summed E-state index contributed by atoms with van der Waals surface area (Å²) in [5, 5.41) is 10.8. The monoisotopic (exact) mass is 362 g/mol. The van der Waals surface area contributed by atoms with E-state index >= 15 is 0 Å². The fourth-order valence-corrected chi connectivity index (χ4v) is 2.52. The van der Waals surface area contributed by atoms with Gasteiger partial charge in [0.25, 0.3) is 0 Å². The highest BCUT2D eigenvalue weighted by Crippen LogP contribution is 2.31. The lowest BCUT2D eigenvalue weighted by atomic mass is 10.1. The minimum absolute atomic E-state index is 0.0382. The lowest BCUT2D eigenvalue weighted by Crippen LogP contribution is -2.09. The zero-order valence-corrected chi connectivity index (χ0v) is 13.7. The van der Waals surface area contributed by atoms with Crippen LogP contribution in [-0.4, -0.2) is 21.1 Å². The molecule has 8 heteroatoms. The molecule has 0 aliphatic heterocycles. The van der Waals surface area contributed by atoms with Gasteiger partial charge in [-0.3, -0.25) is 5.10 Å². The largest absolute Gasteiger partial charge is 0.417 e. The number of hydrogen-bond acceptors (Lipinski definition) is 3. The maximum Gasteiger partial charge on any atom is 0.417 e. The molecule has 0 radical (unpaired) electrons. The molecular formula is C17H13F3N4S. The van der Waals surface area contributed by atoms with Crippen LogP contribution < -0.4 is 0 Å². The number of rotatable bonds is 4. The maximum absolute atomic E-state index is 13.1. The Balaban J connectivity index is 1.93. The number of benzene rings is 2. The second-order valence-electron chi connectivity index (χ2n) is 5.25. The average Bonchev–Trinajstić information content (AvgIpc) is 2.93. The number of alkyl halides is 3. The number of halogens is 3. The lowest BCUT2D eigenvalue weighted by Gasteiger charge is -2.09. The molecule has 3 rings (SSSR count). The predicted molar refractivity (Wildman–Crippen MR) is 91.1 cm³/mol.